The molecule has 2 aromatic rings. The molecule has 0 fully saturated rings. The van der Waals surface area contributed by atoms with Gasteiger partial charge in [0.25, 0.3) is 0 Å². The number of halogens is 3. The molecule has 0 saturated carbocycles. The van der Waals surface area contributed by atoms with Crippen LogP contribution in [0.1, 0.15) is 0 Å². The molecule has 1 atom stereocenters. The maximum Gasteiger partial charge on any atom is 0.403 e. The Morgan fingerprint density at radius 3 is 2.45 bits per heavy atom. The van der Waals surface area contributed by atoms with Gasteiger partial charge in [-0.05, 0) is 11.5 Å². The summed E-state index contributed by atoms with van der Waals surface area (Å²) in [7, 11) is 0. The van der Waals surface area contributed by atoms with Crippen LogP contribution in [0.4, 0.5) is 18.9 Å². The summed E-state index contributed by atoms with van der Waals surface area (Å²) in [5.74, 6) is -4.31. The summed E-state index contributed by atoms with van der Waals surface area (Å²) in [6.45, 7) is -0.702. The van der Waals surface area contributed by atoms with Crippen molar-refractivity contribution in [3.8, 4) is 0 Å². The third-order valence-corrected chi connectivity index (χ3v) is 2.98. The Bertz CT molecular complexity index is 620. The van der Waals surface area contributed by atoms with Crippen LogP contribution in [0.5, 0.6) is 0 Å². The quantitative estimate of drug-likeness (QED) is 0.902. The van der Waals surface area contributed by atoms with Gasteiger partial charge in [-0.2, -0.15) is 13.2 Å². The van der Waals surface area contributed by atoms with Gasteiger partial charge >= 0.3 is 12.1 Å². The van der Waals surface area contributed by atoms with E-state index in [1.54, 1.807) is 24.3 Å². The zero-order chi connectivity index (χ0) is 14.8. The average molecular weight is 283 g/mol. The molecular weight excluding hydrogens is 271 g/mol. The summed E-state index contributed by atoms with van der Waals surface area (Å²) in [5.41, 5.74) is 0.485. The number of carbonyl (C=O) groups is 1. The normalized spacial score (nSPS) is 13.2. The van der Waals surface area contributed by atoms with Crippen LogP contribution in [0.2, 0.25) is 0 Å². The number of benzene rings is 2. The lowest BCUT2D eigenvalue weighted by molar-refractivity contribution is -0.190. The molecule has 0 saturated heterocycles. The molecule has 0 aliphatic rings. The highest BCUT2D eigenvalue weighted by Crippen LogP contribution is 2.28. The van der Waals surface area contributed by atoms with Crippen molar-refractivity contribution in [3.63, 3.8) is 0 Å². The Labute approximate surface area is 113 Å². The summed E-state index contributed by atoms with van der Waals surface area (Å²) in [5, 5.41) is 12.8. The van der Waals surface area contributed by atoms with Crippen LogP contribution >= 0.6 is 0 Å². The Kier molecular flexibility index (Phi) is 3.83. The SMILES string of the molecule is O=C(O)C(CNc1cccc2ccccc12)C(F)(F)F. The minimum atomic E-state index is -4.77. The molecule has 6 heteroatoms. The predicted molar refractivity (Wildman–Crippen MR) is 69.6 cm³/mol. The van der Waals surface area contributed by atoms with Crippen molar-refractivity contribution in [1.82, 2.24) is 0 Å². The van der Waals surface area contributed by atoms with Gasteiger partial charge in [-0.25, -0.2) is 0 Å². The number of carboxylic acid groups (broad SMARTS) is 1. The third kappa shape index (κ3) is 3.01. The lowest BCUT2D eigenvalue weighted by Crippen LogP contribution is -2.36. The van der Waals surface area contributed by atoms with Crippen molar-refractivity contribution < 1.29 is 23.1 Å². The number of alkyl halides is 3. The lowest BCUT2D eigenvalue weighted by Gasteiger charge is -2.18. The molecule has 0 aliphatic heterocycles. The second-order valence-electron chi connectivity index (χ2n) is 4.34. The summed E-state index contributed by atoms with van der Waals surface area (Å²) >= 11 is 0. The molecule has 0 aromatic heterocycles. The largest absolute Gasteiger partial charge is 0.481 e. The van der Waals surface area contributed by atoms with E-state index in [1.807, 2.05) is 18.2 Å². The molecule has 106 valence electrons. The number of anilines is 1. The highest BCUT2D eigenvalue weighted by Gasteiger charge is 2.44. The van der Waals surface area contributed by atoms with Gasteiger partial charge in [-0.3, -0.25) is 4.79 Å². The first-order valence-corrected chi connectivity index (χ1v) is 5.91. The van der Waals surface area contributed by atoms with Crippen LogP contribution in [0.25, 0.3) is 10.8 Å². The Hall–Kier alpha value is -2.24. The number of hydrogen-bond acceptors (Lipinski definition) is 2. The molecule has 20 heavy (non-hydrogen) atoms. The molecule has 2 aromatic carbocycles. The van der Waals surface area contributed by atoms with Crippen LogP contribution < -0.4 is 5.32 Å². The van der Waals surface area contributed by atoms with Gasteiger partial charge in [0.15, 0.2) is 5.92 Å². The van der Waals surface area contributed by atoms with Gasteiger partial charge in [-0.15, -0.1) is 0 Å². The maximum absolute atomic E-state index is 12.6. The fourth-order valence-electron chi connectivity index (χ4n) is 1.93. The van der Waals surface area contributed by atoms with Crippen molar-refractivity contribution in [2.24, 2.45) is 5.92 Å². The minimum Gasteiger partial charge on any atom is -0.481 e. The topological polar surface area (TPSA) is 49.3 Å². The fourth-order valence-corrected chi connectivity index (χ4v) is 1.93. The van der Waals surface area contributed by atoms with Gasteiger partial charge in [0, 0.05) is 17.6 Å². The monoisotopic (exact) mass is 283 g/mol. The fraction of sp³-hybridized carbons (Fsp3) is 0.214. The molecule has 0 amide bonds. The van der Waals surface area contributed by atoms with Crippen molar-refractivity contribution in [3.05, 3.63) is 42.5 Å². The predicted octanol–water partition coefficient (Wildman–Crippen LogP) is 3.51. The van der Waals surface area contributed by atoms with Gasteiger partial charge in [-0.1, -0.05) is 36.4 Å². The van der Waals surface area contributed by atoms with Gasteiger partial charge in [0.05, 0.1) is 0 Å². The smallest absolute Gasteiger partial charge is 0.403 e. The second kappa shape index (κ2) is 5.40. The molecule has 0 heterocycles. The van der Waals surface area contributed by atoms with Crippen LogP contribution in [0.15, 0.2) is 42.5 Å². The summed E-state index contributed by atoms with van der Waals surface area (Å²) in [6.07, 6.45) is -4.77. The summed E-state index contributed by atoms with van der Waals surface area (Å²) in [6, 6.07) is 12.3. The minimum absolute atomic E-state index is 0.485. The van der Waals surface area contributed by atoms with Crippen LogP contribution in [-0.2, 0) is 4.79 Å². The number of hydrogen-bond donors (Lipinski definition) is 2. The standard InChI is InChI=1S/C14H12F3NO2/c15-14(16,17)11(13(19)20)8-18-12-7-3-5-9-4-1-2-6-10(9)12/h1-7,11,18H,8H2,(H,19,20). The zero-order valence-corrected chi connectivity index (χ0v) is 10.3. The average Bonchev–Trinajstić information content (AvgIpc) is 2.37. The first-order chi connectivity index (χ1) is 9.39. The van der Waals surface area contributed by atoms with Crippen LogP contribution in [0, 0.1) is 5.92 Å². The highest BCUT2D eigenvalue weighted by atomic mass is 19.4. The summed E-state index contributed by atoms with van der Waals surface area (Å²) < 4.78 is 37.7. The van der Waals surface area contributed by atoms with E-state index in [0.29, 0.717) is 5.69 Å². The molecular formula is C14H12F3NO2. The van der Waals surface area contributed by atoms with E-state index in [2.05, 4.69) is 5.32 Å². The number of nitrogens with one attached hydrogen (secondary N) is 1. The highest BCUT2D eigenvalue weighted by molar-refractivity contribution is 5.93. The van der Waals surface area contributed by atoms with E-state index in [0.717, 1.165) is 10.8 Å². The zero-order valence-electron chi connectivity index (χ0n) is 10.3. The second-order valence-corrected chi connectivity index (χ2v) is 4.34. The summed E-state index contributed by atoms with van der Waals surface area (Å²) in [4.78, 5) is 10.7. The van der Waals surface area contributed by atoms with E-state index < -0.39 is 24.6 Å². The molecule has 0 radical (unpaired) electrons. The lowest BCUT2D eigenvalue weighted by atomic mass is 10.1. The molecule has 0 bridgehead atoms. The Morgan fingerprint density at radius 2 is 1.80 bits per heavy atom. The van der Waals surface area contributed by atoms with Crippen LogP contribution in [-0.4, -0.2) is 23.8 Å². The van der Waals surface area contributed by atoms with E-state index in [-0.39, 0.29) is 0 Å². The number of aliphatic carboxylic acids is 1. The molecule has 3 nitrogen and oxygen atoms in total. The van der Waals surface area contributed by atoms with Gasteiger partial charge in [0.2, 0.25) is 0 Å². The number of fused-ring (bicyclic) bond motifs is 1. The molecule has 0 spiro atoms. The molecule has 2 rings (SSSR count). The Morgan fingerprint density at radius 1 is 1.15 bits per heavy atom. The third-order valence-electron chi connectivity index (χ3n) is 2.98. The number of rotatable bonds is 4. The van der Waals surface area contributed by atoms with E-state index in [9.17, 15) is 18.0 Å². The molecule has 1 unspecified atom stereocenters. The van der Waals surface area contributed by atoms with Crippen molar-refractivity contribution in [1.29, 1.82) is 0 Å². The van der Waals surface area contributed by atoms with E-state index >= 15 is 0 Å². The molecule has 0 aliphatic carbocycles. The molecule has 2 N–H and O–H groups in total. The van der Waals surface area contributed by atoms with Gasteiger partial charge in [0.1, 0.15) is 0 Å². The van der Waals surface area contributed by atoms with E-state index in [1.165, 1.54) is 0 Å². The van der Waals surface area contributed by atoms with Gasteiger partial charge < -0.3 is 10.4 Å². The Balaban J connectivity index is 2.22. The maximum atomic E-state index is 12.6. The van der Waals surface area contributed by atoms with Crippen LogP contribution in [0.3, 0.4) is 0 Å². The first kappa shape index (κ1) is 14.2. The van der Waals surface area contributed by atoms with Crippen molar-refractivity contribution in [2.75, 3.05) is 11.9 Å². The first-order valence-electron chi connectivity index (χ1n) is 5.91. The van der Waals surface area contributed by atoms with Crippen molar-refractivity contribution in [2.45, 2.75) is 6.18 Å². The van der Waals surface area contributed by atoms with Crippen molar-refractivity contribution >= 4 is 22.4 Å². The van der Waals surface area contributed by atoms with E-state index in [4.69, 9.17) is 5.11 Å². The number of carboxylic acids is 1.